The average Bonchev–Trinajstić information content (AvgIpc) is 3.44. The van der Waals surface area contributed by atoms with Gasteiger partial charge in [0.2, 0.25) is 6.33 Å². The maximum absolute atomic E-state index is 9.42. The molecule has 3 rings (SSSR count). The Morgan fingerprint density at radius 2 is 1.89 bits per heavy atom. The molecule has 0 N–H and O–H groups in total. The number of imidazole rings is 1. The van der Waals surface area contributed by atoms with Crippen LogP contribution in [0.2, 0.25) is 0 Å². The van der Waals surface area contributed by atoms with Crippen LogP contribution >= 0.6 is 11.3 Å². The summed E-state index contributed by atoms with van der Waals surface area (Å²) in [5.41, 5.74) is 2.82. The van der Waals surface area contributed by atoms with Gasteiger partial charge in [-0.3, -0.25) is 4.99 Å². The molecule has 0 aliphatic heterocycles. The second kappa shape index (κ2) is 13.0. The van der Waals surface area contributed by atoms with Crippen LogP contribution in [0.25, 0.3) is 0 Å². The third-order valence-electron chi connectivity index (χ3n) is 5.50. The number of anilines is 1. The summed E-state index contributed by atoms with van der Waals surface area (Å²) >= 11 is 1.18. The smallest absolute Gasteiger partial charge is 0.243 e. The molecular weight excluding hydrogens is 470 g/mol. The molecule has 0 bridgehead atoms. The summed E-state index contributed by atoms with van der Waals surface area (Å²) in [5.74, 6) is 0. The van der Waals surface area contributed by atoms with Crippen LogP contribution in [-0.4, -0.2) is 42.5 Å². The van der Waals surface area contributed by atoms with E-state index in [9.17, 15) is 10.5 Å². The summed E-state index contributed by atoms with van der Waals surface area (Å²) in [6.45, 7) is 7.03. The normalized spacial score (nSPS) is 11.4. The van der Waals surface area contributed by atoms with E-state index in [1.165, 1.54) is 11.3 Å². The van der Waals surface area contributed by atoms with E-state index in [4.69, 9.17) is 0 Å². The number of hydrogen-bond acceptors (Lipinski definition) is 7. The standard InChI is InChI=1S/C26H30N9S/c1-5-10-33(19-29-3)13-15-35(16-14-34-12-11-32(4)20-34)23-8-6-22(7-9-23)30-31-26-24(17-27)21(2)25(18-28)36-26/h5-12,19-20H,13-16H2,1-4H3/q+1/b10-5-,29-19+,31-30+. The van der Waals surface area contributed by atoms with E-state index in [2.05, 4.69) is 54.3 Å². The number of nitriles is 2. The minimum absolute atomic E-state index is 0.405. The Hall–Kier alpha value is -4.28. The van der Waals surface area contributed by atoms with Gasteiger partial charge in [-0.15, -0.1) is 21.6 Å². The zero-order valence-electron chi connectivity index (χ0n) is 21.0. The predicted octanol–water partition coefficient (Wildman–Crippen LogP) is 4.84. The first-order valence-electron chi connectivity index (χ1n) is 11.5. The van der Waals surface area contributed by atoms with Crippen molar-refractivity contribution in [1.29, 1.82) is 10.5 Å². The third kappa shape index (κ3) is 6.87. The summed E-state index contributed by atoms with van der Waals surface area (Å²) in [6.07, 6.45) is 12.0. The summed E-state index contributed by atoms with van der Waals surface area (Å²) in [5, 5.41) is 27.7. The minimum Gasteiger partial charge on any atom is -0.366 e. The van der Waals surface area contributed by atoms with Crippen LogP contribution in [0.4, 0.5) is 16.4 Å². The molecule has 0 aliphatic carbocycles. The van der Waals surface area contributed by atoms with Crippen molar-refractivity contribution < 1.29 is 4.57 Å². The molecule has 36 heavy (non-hydrogen) atoms. The SMILES string of the molecule is C/C=C\N(/C=N/C)CCN(CCn1cc[n+](C)c1)c1ccc(/N=N/c2sc(C#N)c(C)c2C#N)cc1. The molecule has 0 radical (unpaired) electrons. The first-order valence-corrected chi connectivity index (χ1v) is 12.3. The van der Waals surface area contributed by atoms with E-state index < -0.39 is 0 Å². The molecule has 0 aliphatic rings. The Morgan fingerprint density at radius 3 is 2.50 bits per heavy atom. The average molecular weight is 501 g/mol. The van der Waals surface area contributed by atoms with Crippen LogP contribution in [0.5, 0.6) is 0 Å². The maximum Gasteiger partial charge on any atom is 0.243 e. The molecule has 0 unspecified atom stereocenters. The van der Waals surface area contributed by atoms with E-state index in [1.807, 2.05) is 67.6 Å². The Kier molecular flexibility index (Phi) is 9.49. The summed E-state index contributed by atoms with van der Waals surface area (Å²) < 4.78 is 4.19. The number of nitrogens with zero attached hydrogens (tertiary/aromatic N) is 9. The highest BCUT2D eigenvalue weighted by Crippen LogP contribution is 2.35. The molecule has 0 fully saturated rings. The highest BCUT2D eigenvalue weighted by Gasteiger charge is 2.15. The first-order chi connectivity index (χ1) is 17.5. The highest BCUT2D eigenvalue weighted by molar-refractivity contribution is 7.16. The van der Waals surface area contributed by atoms with Gasteiger partial charge >= 0.3 is 0 Å². The van der Waals surface area contributed by atoms with E-state index >= 15 is 0 Å². The topological polar surface area (TPSA) is 99.9 Å². The van der Waals surface area contributed by atoms with Gasteiger partial charge in [-0.1, -0.05) is 6.08 Å². The zero-order valence-corrected chi connectivity index (χ0v) is 21.9. The van der Waals surface area contributed by atoms with E-state index in [0.29, 0.717) is 26.7 Å². The van der Waals surface area contributed by atoms with Crippen LogP contribution in [0.3, 0.4) is 0 Å². The molecular formula is C26H30N9S+. The molecule has 0 amide bonds. The molecule has 0 saturated carbocycles. The Bertz CT molecular complexity index is 1300. The van der Waals surface area contributed by atoms with E-state index in [1.54, 1.807) is 14.0 Å². The second-order valence-electron chi connectivity index (χ2n) is 8.07. The van der Waals surface area contributed by atoms with Crippen molar-refractivity contribution in [3.8, 4) is 12.1 Å². The molecule has 2 aromatic heterocycles. The molecule has 10 heteroatoms. The summed E-state index contributed by atoms with van der Waals surface area (Å²) in [6, 6.07) is 12.1. The van der Waals surface area contributed by atoms with E-state index in [0.717, 1.165) is 31.9 Å². The van der Waals surface area contributed by atoms with Gasteiger partial charge in [-0.25, -0.2) is 9.13 Å². The van der Waals surface area contributed by atoms with Gasteiger partial charge in [-0.2, -0.15) is 10.5 Å². The van der Waals surface area contributed by atoms with Crippen molar-refractivity contribution in [2.45, 2.75) is 20.4 Å². The van der Waals surface area contributed by atoms with Gasteiger partial charge in [0.15, 0.2) is 5.00 Å². The van der Waals surface area contributed by atoms with E-state index in [-0.39, 0.29) is 0 Å². The second-order valence-corrected chi connectivity index (χ2v) is 9.07. The number of azo groups is 1. The van der Waals surface area contributed by atoms with Gasteiger partial charge < -0.3 is 9.80 Å². The van der Waals surface area contributed by atoms with Gasteiger partial charge in [0, 0.05) is 32.0 Å². The number of aliphatic imine (C=N–C) groups is 1. The Labute approximate surface area is 216 Å². The van der Waals surface area contributed by atoms with Gasteiger partial charge in [0.05, 0.1) is 31.2 Å². The monoisotopic (exact) mass is 500 g/mol. The predicted molar refractivity (Wildman–Crippen MR) is 143 cm³/mol. The number of allylic oxidation sites excluding steroid dienone is 1. The zero-order chi connectivity index (χ0) is 25.9. The molecule has 184 valence electrons. The molecule has 0 atom stereocenters. The lowest BCUT2D eigenvalue weighted by atomic mass is 10.2. The van der Waals surface area contributed by atoms with Crippen molar-refractivity contribution in [2.24, 2.45) is 22.3 Å². The van der Waals surface area contributed by atoms with Crippen molar-refractivity contribution >= 4 is 34.1 Å². The molecule has 0 spiro atoms. The summed E-state index contributed by atoms with van der Waals surface area (Å²) in [4.78, 5) is 9.03. The Balaban J connectivity index is 1.77. The fraction of sp³-hybridized carbons (Fsp3) is 0.308. The van der Waals surface area contributed by atoms with Gasteiger partial charge in [0.1, 0.15) is 36.0 Å². The largest absolute Gasteiger partial charge is 0.366 e. The fourth-order valence-electron chi connectivity index (χ4n) is 3.63. The quantitative estimate of drug-likeness (QED) is 0.163. The van der Waals surface area contributed by atoms with Crippen molar-refractivity contribution in [3.05, 3.63) is 71.3 Å². The number of benzene rings is 1. The molecule has 0 saturated heterocycles. The first kappa shape index (κ1) is 26.3. The van der Waals surface area contributed by atoms with Crippen LogP contribution < -0.4 is 9.47 Å². The molecule has 9 nitrogen and oxygen atoms in total. The summed E-state index contributed by atoms with van der Waals surface area (Å²) in [7, 11) is 3.78. The Morgan fingerprint density at radius 1 is 1.11 bits per heavy atom. The lowest BCUT2D eigenvalue weighted by molar-refractivity contribution is -0.671. The lowest BCUT2D eigenvalue weighted by Gasteiger charge is -2.26. The van der Waals surface area contributed by atoms with Gasteiger partial charge in [0.25, 0.3) is 0 Å². The third-order valence-corrected chi connectivity index (χ3v) is 6.58. The number of rotatable bonds is 11. The highest BCUT2D eigenvalue weighted by atomic mass is 32.1. The minimum atomic E-state index is 0.405. The van der Waals surface area contributed by atoms with Crippen LogP contribution in [0.1, 0.15) is 22.9 Å². The van der Waals surface area contributed by atoms with Crippen LogP contribution in [0, 0.1) is 29.6 Å². The lowest BCUT2D eigenvalue weighted by Crippen LogP contribution is -2.34. The van der Waals surface area contributed by atoms with Crippen LogP contribution in [-0.2, 0) is 13.6 Å². The molecule has 3 aromatic rings. The fourth-order valence-corrected chi connectivity index (χ4v) is 4.50. The molecule has 2 heterocycles. The number of aryl methyl sites for hydroxylation is 1. The number of aromatic nitrogens is 2. The van der Waals surface area contributed by atoms with Crippen molar-refractivity contribution in [3.63, 3.8) is 0 Å². The van der Waals surface area contributed by atoms with Crippen LogP contribution in [0.15, 0.2) is 70.5 Å². The maximum atomic E-state index is 9.42. The van der Waals surface area contributed by atoms with Crippen molar-refractivity contribution in [1.82, 2.24) is 9.47 Å². The number of hydrogen-bond donors (Lipinski definition) is 0. The van der Waals surface area contributed by atoms with Gasteiger partial charge in [-0.05, 0) is 43.7 Å². The molecule has 1 aromatic carbocycles. The number of thiophene rings is 1. The van der Waals surface area contributed by atoms with Crippen molar-refractivity contribution in [2.75, 3.05) is 31.6 Å².